The zero-order valence-corrected chi connectivity index (χ0v) is 19.5. The number of benzene rings is 3. The maximum absolute atomic E-state index is 13.5. The van der Waals surface area contributed by atoms with E-state index in [9.17, 15) is 19.2 Å². The van der Waals surface area contributed by atoms with Gasteiger partial charge in [-0.25, -0.2) is 4.79 Å². The molecule has 3 aromatic rings. The van der Waals surface area contributed by atoms with Crippen LogP contribution in [0, 0.1) is 0 Å². The molecule has 8 nitrogen and oxygen atoms in total. The molecule has 1 unspecified atom stereocenters. The molecule has 3 amide bonds. The Hall–Kier alpha value is -4.17. The SMILES string of the molecule is CCOC(=O)c1ccc(NC(=O)CC2C(=O)Nc3ccccc3N2C(=O)c2ccc(Cl)cc2)cc1. The van der Waals surface area contributed by atoms with Crippen LogP contribution in [-0.4, -0.2) is 36.3 Å². The fourth-order valence-electron chi connectivity index (χ4n) is 3.75. The number of amides is 3. The molecular formula is C26H22ClN3O5. The Bertz CT molecular complexity index is 1270. The second-order valence-corrected chi connectivity index (χ2v) is 8.19. The van der Waals surface area contributed by atoms with E-state index < -0.39 is 29.7 Å². The number of hydrogen-bond acceptors (Lipinski definition) is 5. The molecule has 1 aliphatic rings. The van der Waals surface area contributed by atoms with Gasteiger partial charge in [-0.2, -0.15) is 0 Å². The van der Waals surface area contributed by atoms with Crippen LogP contribution in [0.2, 0.25) is 5.02 Å². The van der Waals surface area contributed by atoms with Crippen molar-refractivity contribution in [3.63, 3.8) is 0 Å². The normalized spacial score (nSPS) is 14.5. The van der Waals surface area contributed by atoms with Crippen LogP contribution in [0.4, 0.5) is 17.1 Å². The number of ether oxygens (including phenoxy) is 1. The lowest BCUT2D eigenvalue weighted by molar-refractivity contribution is -0.122. The highest BCUT2D eigenvalue weighted by molar-refractivity contribution is 6.30. The van der Waals surface area contributed by atoms with Crippen molar-refractivity contribution >= 4 is 52.4 Å². The third-order valence-corrected chi connectivity index (χ3v) is 5.66. The average molecular weight is 492 g/mol. The van der Waals surface area contributed by atoms with Crippen molar-refractivity contribution in [3.05, 3.63) is 88.9 Å². The van der Waals surface area contributed by atoms with E-state index in [1.54, 1.807) is 67.6 Å². The van der Waals surface area contributed by atoms with Gasteiger partial charge in [0.25, 0.3) is 5.91 Å². The summed E-state index contributed by atoms with van der Waals surface area (Å²) in [4.78, 5) is 52.4. The van der Waals surface area contributed by atoms with Crippen molar-refractivity contribution in [1.82, 2.24) is 0 Å². The quantitative estimate of drug-likeness (QED) is 0.493. The molecule has 1 atom stereocenters. The number of hydrogen-bond donors (Lipinski definition) is 2. The van der Waals surface area contributed by atoms with Gasteiger partial charge in [-0.1, -0.05) is 23.7 Å². The van der Waals surface area contributed by atoms with Crippen LogP contribution < -0.4 is 15.5 Å². The maximum Gasteiger partial charge on any atom is 0.338 e. The van der Waals surface area contributed by atoms with Crippen molar-refractivity contribution in [3.8, 4) is 0 Å². The van der Waals surface area contributed by atoms with Crippen molar-refractivity contribution in [2.75, 3.05) is 22.1 Å². The van der Waals surface area contributed by atoms with Crippen molar-refractivity contribution in [2.45, 2.75) is 19.4 Å². The molecule has 0 spiro atoms. The van der Waals surface area contributed by atoms with Crippen molar-refractivity contribution < 1.29 is 23.9 Å². The van der Waals surface area contributed by atoms with Crippen molar-refractivity contribution in [1.29, 1.82) is 0 Å². The Balaban J connectivity index is 1.56. The lowest BCUT2D eigenvalue weighted by Gasteiger charge is -2.36. The molecule has 4 rings (SSSR count). The van der Waals surface area contributed by atoms with Crippen molar-refractivity contribution in [2.24, 2.45) is 0 Å². The molecule has 178 valence electrons. The predicted octanol–water partition coefficient (Wildman–Crippen LogP) is 4.51. The summed E-state index contributed by atoms with van der Waals surface area (Å²) in [6, 6.07) is 18.3. The highest BCUT2D eigenvalue weighted by atomic mass is 35.5. The first kappa shape index (κ1) is 24.0. The molecule has 0 saturated carbocycles. The minimum atomic E-state index is -1.08. The summed E-state index contributed by atoms with van der Waals surface area (Å²) in [5, 5.41) is 5.96. The van der Waals surface area contributed by atoms with E-state index in [-0.39, 0.29) is 13.0 Å². The lowest BCUT2D eigenvalue weighted by Crippen LogP contribution is -2.52. The summed E-state index contributed by atoms with van der Waals surface area (Å²) in [5.41, 5.74) is 2.09. The molecule has 35 heavy (non-hydrogen) atoms. The van der Waals surface area contributed by atoms with Gasteiger partial charge in [0.05, 0.1) is 30.0 Å². The third-order valence-electron chi connectivity index (χ3n) is 5.40. The number of anilines is 3. The van der Waals surface area contributed by atoms with E-state index in [1.807, 2.05) is 0 Å². The fourth-order valence-corrected chi connectivity index (χ4v) is 3.87. The number of rotatable bonds is 6. The lowest BCUT2D eigenvalue weighted by atomic mass is 10.0. The maximum atomic E-state index is 13.5. The van der Waals surface area contributed by atoms with E-state index in [2.05, 4.69) is 10.6 Å². The average Bonchev–Trinajstić information content (AvgIpc) is 2.85. The monoisotopic (exact) mass is 491 g/mol. The molecule has 0 fully saturated rings. The number of halogens is 1. The summed E-state index contributed by atoms with van der Waals surface area (Å²) >= 11 is 5.96. The Kier molecular flexibility index (Phi) is 7.12. The van der Waals surface area contributed by atoms with Crippen LogP contribution >= 0.6 is 11.6 Å². The number of nitrogens with one attached hydrogen (secondary N) is 2. The minimum absolute atomic E-state index is 0.259. The molecule has 0 bridgehead atoms. The van der Waals surface area contributed by atoms with E-state index in [0.29, 0.717) is 33.2 Å². The largest absolute Gasteiger partial charge is 0.462 e. The van der Waals surface area contributed by atoms with Gasteiger partial charge in [-0.05, 0) is 67.6 Å². The Labute approximate surface area is 206 Å². The first-order valence-corrected chi connectivity index (χ1v) is 11.3. The molecule has 3 aromatic carbocycles. The van der Waals surface area contributed by atoms with Crippen LogP contribution in [-0.2, 0) is 14.3 Å². The van der Waals surface area contributed by atoms with Gasteiger partial charge < -0.3 is 15.4 Å². The second kappa shape index (κ2) is 10.4. The minimum Gasteiger partial charge on any atom is -0.462 e. The molecule has 2 N–H and O–H groups in total. The topological polar surface area (TPSA) is 105 Å². The van der Waals surface area contributed by atoms with Gasteiger partial charge in [-0.15, -0.1) is 0 Å². The number of para-hydroxylation sites is 2. The molecule has 1 heterocycles. The zero-order valence-electron chi connectivity index (χ0n) is 18.8. The number of nitrogens with zero attached hydrogens (tertiary/aromatic N) is 1. The summed E-state index contributed by atoms with van der Waals surface area (Å²) in [6.07, 6.45) is -0.279. The molecule has 0 aliphatic carbocycles. The Morgan fingerprint density at radius 2 is 1.63 bits per heavy atom. The first-order valence-electron chi connectivity index (χ1n) is 10.9. The molecule has 9 heteroatoms. The summed E-state index contributed by atoms with van der Waals surface area (Å²) < 4.78 is 4.95. The van der Waals surface area contributed by atoms with Gasteiger partial charge >= 0.3 is 5.97 Å². The number of fused-ring (bicyclic) bond motifs is 1. The van der Waals surface area contributed by atoms with Crippen LogP contribution in [0.25, 0.3) is 0 Å². The molecule has 0 aromatic heterocycles. The van der Waals surface area contributed by atoms with Gasteiger partial charge in [-0.3, -0.25) is 19.3 Å². The zero-order chi connectivity index (χ0) is 24.9. The van der Waals surface area contributed by atoms with Gasteiger partial charge in [0, 0.05) is 16.3 Å². The summed E-state index contributed by atoms with van der Waals surface area (Å²) in [6.45, 7) is 1.97. The van der Waals surface area contributed by atoms with E-state index in [4.69, 9.17) is 16.3 Å². The summed E-state index contributed by atoms with van der Waals surface area (Å²) in [5.74, 6) is -1.83. The first-order chi connectivity index (χ1) is 16.9. The van der Waals surface area contributed by atoms with Gasteiger partial charge in [0.1, 0.15) is 6.04 Å². The van der Waals surface area contributed by atoms with E-state index in [1.165, 1.54) is 17.0 Å². The standard InChI is InChI=1S/C26H22ClN3O5/c1-2-35-26(34)17-9-13-19(14-10-17)28-23(31)15-22-24(32)29-20-5-3-4-6-21(20)30(22)25(33)16-7-11-18(27)12-8-16/h3-14,22H,2,15H2,1H3,(H,28,31)(H,29,32). The molecule has 1 aliphatic heterocycles. The molecular weight excluding hydrogens is 470 g/mol. The molecule has 0 radical (unpaired) electrons. The van der Waals surface area contributed by atoms with Crippen LogP contribution in [0.5, 0.6) is 0 Å². The Morgan fingerprint density at radius 1 is 0.971 bits per heavy atom. The van der Waals surface area contributed by atoms with Gasteiger partial charge in [0.2, 0.25) is 11.8 Å². The van der Waals surface area contributed by atoms with Crippen LogP contribution in [0.3, 0.4) is 0 Å². The third kappa shape index (κ3) is 5.33. The Morgan fingerprint density at radius 3 is 2.31 bits per heavy atom. The smallest absolute Gasteiger partial charge is 0.338 e. The van der Waals surface area contributed by atoms with E-state index in [0.717, 1.165) is 0 Å². The highest BCUT2D eigenvalue weighted by Gasteiger charge is 2.38. The predicted molar refractivity (Wildman–Crippen MR) is 133 cm³/mol. The number of esters is 1. The fraction of sp³-hybridized carbons (Fsp3) is 0.154. The van der Waals surface area contributed by atoms with E-state index >= 15 is 0 Å². The van der Waals surface area contributed by atoms with Crippen LogP contribution in [0.15, 0.2) is 72.8 Å². The number of carbonyl (C=O) groups excluding carboxylic acids is 4. The number of carbonyl (C=O) groups is 4. The second-order valence-electron chi connectivity index (χ2n) is 7.75. The summed E-state index contributed by atoms with van der Waals surface area (Å²) in [7, 11) is 0. The highest BCUT2D eigenvalue weighted by Crippen LogP contribution is 2.34. The van der Waals surface area contributed by atoms with Gasteiger partial charge in [0.15, 0.2) is 0 Å². The molecule has 0 saturated heterocycles. The van der Waals surface area contributed by atoms with Crippen LogP contribution in [0.1, 0.15) is 34.1 Å².